The zero-order valence-corrected chi connectivity index (χ0v) is 8.03. The lowest BCUT2D eigenvalue weighted by Gasteiger charge is -2.29. The molecule has 0 saturated heterocycles. The van der Waals surface area contributed by atoms with Gasteiger partial charge < -0.3 is 0 Å². The van der Waals surface area contributed by atoms with Crippen LogP contribution in [0.1, 0.15) is 31.7 Å². The Morgan fingerprint density at radius 1 is 1.31 bits per heavy atom. The third kappa shape index (κ3) is 1.64. The summed E-state index contributed by atoms with van der Waals surface area (Å²) in [6, 6.07) is 4.24. The normalized spacial score (nSPS) is 27.5. The molecule has 0 aliphatic heterocycles. The van der Waals surface area contributed by atoms with Gasteiger partial charge in [0.25, 0.3) is 0 Å². The molecule has 1 nitrogen and oxygen atoms in total. The Bertz CT molecular complexity index is 302. The molecule has 2 rings (SSSR count). The minimum absolute atomic E-state index is 0.251. The molecule has 0 fully saturated rings. The predicted molar refractivity (Wildman–Crippen MR) is 54.6 cm³/mol. The highest BCUT2D eigenvalue weighted by Gasteiger charge is 2.24. The first-order chi connectivity index (χ1) is 6.31. The van der Waals surface area contributed by atoms with E-state index in [1.165, 1.54) is 24.8 Å². The topological polar surface area (TPSA) is 12.9 Å². The van der Waals surface area contributed by atoms with E-state index in [-0.39, 0.29) is 5.41 Å². The van der Waals surface area contributed by atoms with Crippen molar-refractivity contribution in [2.75, 3.05) is 0 Å². The van der Waals surface area contributed by atoms with Crippen LogP contribution in [0.4, 0.5) is 0 Å². The number of hydrogen-bond acceptors (Lipinski definition) is 1. The number of allylic oxidation sites excluding steroid dienone is 2. The number of aromatic nitrogens is 1. The second-order valence-electron chi connectivity index (χ2n) is 3.95. The van der Waals surface area contributed by atoms with Gasteiger partial charge in [0, 0.05) is 17.8 Å². The second-order valence-corrected chi connectivity index (χ2v) is 3.95. The second kappa shape index (κ2) is 3.33. The van der Waals surface area contributed by atoms with E-state index in [0.29, 0.717) is 0 Å². The Morgan fingerprint density at radius 2 is 2.08 bits per heavy atom. The summed E-state index contributed by atoms with van der Waals surface area (Å²) >= 11 is 0. The van der Waals surface area contributed by atoms with Crippen LogP contribution in [0.3, 0.4) is 0 Å². The van der Waals surface area contributed by atoms with E-state index in [1.807, 2.05) is 12.4 Å². The van der Waals surface area contributed by atoms with Crippen molar-refractivity contribution >= 4 is 0 Å². The first kappa shape index (κ1) is 8.49. The van der Waals surface area contributed by atoms with Gasteiger partial charge in [-0.05, 0) is 37.0 Å². The van der Waals surface area contributed by atoms with Crippen molar-refractivity contribution in [3.63, 3.8) is 0 Å². The molecule has 1 heterocycles. The summed E-state index contributed by atoms with van der Waals surface area (Å²) in [7, 11) is 0. The molecule has 68 valence electrons. The van der Waals surface area contributed by atoms with E-state index in [9.17, 15) is 0 Å². The fraction of sp³-hybridized carbons (Fsp3) is 0.417. The van der Waals surface area contributed by atoms with E-state index < -0.39 is 0 Å². The molecule has 0 saturated carbocycles. The molecule has 0 aromatic carbocycles. The van der Waals surface area contributed by atoms with Gasteiger partial charge in [-0.25, -0.2) is 0 Å². The highest BCUT2D eigenvalue weighted by atomic mass is 14.6. The molecular weight excluding hydrogens is 158 g/mol. The number of hydrogen-bond donors (Lipinski definition) is 0. The van der Waals surface area contributed by atoms with E-state index in [2.05, 4.69) is 36.2 Å². The number of nitrogens with zero attached hydrogens (tertiary/aromatic N) is 1. The van der Waals surface area contributed by atoms with Crippen LogP contribution in [0.2, 0.25) is 0 Å². The lowest BCUT2D eigenvalue weighted by Crippen LogP contribution is -2.20. The summed E-state index contributed by atoms with van der Waals surface area (Å²) in [6.07, 6.45) is 12.2. The smallest absolute Gasteiger partial charge is 0.0270 e. The summed E-state index contributed by atoms with van der Waals surface area (Å²) in [5.74, 6) is 0. The molecular formula is C12H15N. The summed E-state index contributed by atoms with van der Waals surface area (Å²) < 4.78 is 0. The third-order valence-electron chi connectivity index (χ3n) is 2.89. The fourth-order valence-electron chi connectivity index (χ4n) is 1.99. The Hall–Kier alpha value is -1.11. The molecule has 1 aromatic heterocycles. The number of rotatable bonds is 1. The van der Waals surface area contributed by atoms with Gasteiger partial charge in [0.05, 0.1) is 0 Å². The Kier molecular flexibility index (Phi) is 2.17. The lowest BCUT2D eigenvalue weighted by atomic mass is 9.76. The Balaban J connectivity index is 2.34. The van der Waals surface area contributed by atoms with Gasteiger partial charge in [-0.1, -0.05) is 19.1 Å². The van der Waals surface area contributed by atoms with Crippen molar-refractivity contribution in [1.82, 2.24) is 4.98 Å². The molecule has 1 aliphatic rings. The van der Waals surface area contributed by atoms with Crippen LogP contribution >= 0.6 is 0 Å². The molecule has 13 heavy (non-hydrogen) atoms. The maximum atomic E-state index is 4.05. The standard InChI is InChI=1S/C12H15N/c1-12(7-3-2-4-8-12)11-5-9-13-10-6-11/h3,5-7,9-10H,2,4,8H2,1H3/t12-/m0/s1. The van der Waals surface area contributed by atoms with Crippen LogP contribution in [0.15, 0.2) is 36.7 Å². The highest BCUT2D eigenvalue weighted by Crippen LogP contribution is 2.33. The maximum Gasteiger partial charge on any atom is 0.0270 e. The van der Waals surface area contributed by atoms with Gasteiger partial charge in [0.2, 0.25) is 0 Å². The predicted octanol–water partition coefficient (Wildman–Crippen LogP) is 3.08. The van der Waals surface area contributed by atoms with E-state index >= 15 is 0 Å². The van der Waals surface area contributed by atoms with E-state index in [1.54, 1.807) is 0 Å². The molecule has 1 aromatic rings. The first-order valence-electron chi connectivity index (χ1n) is 4.89. The fourth-order valence-corrected chi connectivity index (χ4v) is 1.99. The van der Waals surface area contributed by atoms with Crippen LogP contribution in [0, 0.1) is 0 Å². The van der Waals surface area contributed by atoms with Crippen molar-refractivity contribution in [3.8, 4) is 0 Å². The van der Waals surface area contributed by atoms with Gasteiger partial charge in [-0.2, -0.15) is 0 Å². The Labute approximate surface area is 79.5 Å². The van der Waals surface area contributed by atoms with E-state index in [0.717, 1.165) is 0 Å². The zero-order valence-electron chi connectivity index (χ0n) is 8.03. The monoisotopic (exact) mass is 173 g/mol. The van der Waals surface area contributed by atoms with Crippen molar-refractivity contribution in [3.05, 3.63) is 42.2 Å². The van der Waals surface area contributed by atoms with Gasteiger partial charge in [0.1, 0.15) is 0 Å². The molecule has 0 radical (unpaired) electrons. The average molecular weight is 173 g/mol. The van der Waals surface area contributed by atoms with Crippen molar-refractivity contribution < 1.29 is 0 Å². The van der Waals surface area contributed by atoms with Crippen LogP contribution in [0.25, 0.3) is 0 Å². The van der Waals surface area contributed by atoms with Crippen LogP contribution in [-0.2, 0) is 5.41 Å². The van der Waals surface area contributed by atoms with Gasteiger partial charge >= 0.3 is 0 Å². The minimum atomic E-state index is 0.251. The molecule has 1 heteroatoms. The van der Waals surface area contributed by atoms with Crippen LogP contribution < -0.4 is 0 Å². The number of pyridine rings is 1. The van der Waals surface area contributed by atoms with Crippen molar-refractivity contribution in [2.24, 2.45) is 0 Å². The van der Waals surface area contributed by atoms with Crippen LogP contribution in [0.5, 0.6) is 0 Å². The summed E-state index contributed by atoms with van der Waals surface area (Å²) in [5, 5.41) is 0. The van der Waals surface area contributed by atoms with Gasteiger partial charge in [0.15, 0.2) is 0 Å². The summed E-state index contributed by atoms with van der Waals surface area (Å²) in [5.41, 5.74) is 1.64. The highest BCUT2D eigenvalue weighted by molar-refractivity contribution is 5.29. The van der Waals surface area contributed by atoms with Gasteiger partial charge in [-0.15, -0.1) is 0 Å². The average Bonchev–Trinajstić information content (AvgIpc) is 2.20. The lowest BCUT2D eigenvalue weighted by molar-refractivity contribution is 0.495. The quantitative estimate of drug-likeness (QED) is 0.595. The Morgan fingerprint density at radius 3 is 2.69 bits per heavy atom. The van der Waals surface area contributed by atoms with Crippen molar-refractivity contribution in [2.45, 2.75) is 31.6 Å². The molecule has 0 amide bonds. The SMILES string of the molecule is C[C@]1(c2ccncc2)C=CCCC1. The first-order valence-corrected chi connectivity index (χ1v) is 4.89. The molecule has 1 atom stereocenters. The van der Waals surface area contributed by atoms with Crippen molar-refractivity contribution in [1.29, 1.82) is 0 Å². The van der Waals surface area contributed by atoms with Crippen LogP contribution in [-0.4, -0.2) is 4.98 Å². The minimum Gasteiger partial charge on any atom is -0.265 e. The summed E-state index contributed by atoms with van der Waals surface area (Å²) in [6.45, 7) is 2.30. The molecule has 0 unspecified atom stereocenters. The molecule has 0 spiro atoms. The third-order valence-corrected chi connectivity index (χ3v) is 2.89. The van der Waals surface area contributed by atoms with E-state index in [4.69, 9.17) is 0 Å². The summed E-state index contributed by atoms with van der Waals surface area (Å²) in [4.78, 5) is 4.05. The largest absolute Gasteiger partial charge is 0.265 e. The maximum absolute atomic E-state index is 4.05. The molecule has 1 aliphatic carbocycles. The molecule has 0 N–H and O–H groups in total. The molecule has 0 bridgehead atoms. The zero-order chi connectivity index (χ0) is 9.15. The van der Waals surface area contributed by atoms with Gasteiger partial charge in [-0.3, -0.25) is 4.98 Å².